The van der Waals surface area contributed by atoms with Gasteiger partial charge in [-0.1, -0.05) is 34.1 Å². The van der Waals surface area contributed by atoms with Crippen molar-refractivity contribution in [3.8, 4) is 0 Å². The van der Waals surface area contributed by atoms with Gasteiger partial charge >= 0.3 is 0 Å². The van der Waals surface area contributed by atoms with Gasteiger partial charge in [0.05, 0.1) is 0 Å². The highest BCUT2D eigenvalue weighted by molar-refractivity contribution is 9.10. The molecule has 0 saturated carbocycles. The van der Waals surface area contributed by atoms with Gasteiger partial charge in [-0.2, -0.15) is 0 Å². The predicted octanol–water partition coefficient (Wildman–Crippen LogP) is 4.58. The van der Waals surface area contributed by atoms with Crippen molar-refractivity contribution in [1.29, 1.82) is 0 Å². The van der Waals surface area contributed by atoms with Gasteiger partial charge < -0.3 is 5.32 Å². The fraction of sp³-hybridized carbons (Fsp3) is 0.333. The minimum Gasteiger partial charge on any atom is -0.313 e. The van der Waals surface area contributed by atoms with Crippen molar-refractivity contribution >= 4 is 15.9 Å². The van der Waals surface area contributed by atoms with Crippen molar-refractivity contribution in [3.63, 3.8) is 0 Å². The van der Waals surface area contributed by atoms with Gasteiger partial charge in [-0.25, -0.2) is 4.39 Å². The molecule has 3 heteroatoms. The number of halogens is 2. The Labute approximate surface area is 133 Å². The largest absolute Gasteiger partial charge is 0.313 e. The summed E-state index contributed by atoms with van der Waals surface area (Å²) in [6.07, 6.45) is 4.42. The van der Waals surface area contributed by atoms with Crippen molar-refractivity contribution in [1.82, 2.24) is 5.32 Å². The van der Waals surface area contributed by atoms with Crippen LogP contribution in [0, 0.1) is 5.82 Å². The van der Waals surface area contributed by atoms with Gasteiger partial charge in [-0.05, 0) is 73.2 Å². The quantitative estimate of drug-likeness (QED) is 0.853. The number of nitrogens with one attached hydrogen (secondary N) is 1. The van der Waals surface area contributed by atoms with Gasteiger partial charge in [0.1, 0.15) is 5.82 Å². The molecule has 21 heavy (non-hydrogen) atoms. The van der Waals surface area contributed by atoms with Gasteiger partial charge in [-0.15, -0.1) is 0 Å². The van der Waals surface area contributed by atoms with Gasteiger partial charge in [0, 0.05) is 10.5 Å². The molecule has 110 valence electrons. The molecule has 0 bridgehead atoms. The van der Waals surface area contributed by atoms with E-state index >= 15 is 0 Å². The Balaban J connectivity index is 1.86. The first-order valence-corrected chi connectivity index (χ1v) is 8.19. The SMILES string of the molecule is CNC(Cc1cc(F)ccc1Br)c1ccc2c(c1)CCC2. The molecule has 0 radical (unpaired) electrons. The van der Waals surface area contributed by atoms with Gasteiger partial charge in [0.25, 0.3) is 0 Å². The van der Waals surface area contributed by atoms with Crippen LogP contribution >= 0.6 is 15.9 Å². The van der Waals surface area contributed by atoms with Crippen LogP contribution in [0.15, 0.2) is 40.9 Å². The second kappa shape index (κ2) is 6.29. The standard InChI is InChI=1S/C18H19BrFN/c1-21-18(11-15-10-16(20)7-8-17(15)19)14-6-5-12-3-2-4-13(12)9-14/h5-10,18,21H,2-4,11H2,1H3. The molecule has 1 unspecified atom stereocenters. The van der Waals surface area contributed by atoms with Gasteiger partial charge in [-0.3, -0.25) is 0 Å². The van der Waals surface area contributed by atoms with Crippen LogP contribution < -0.4 is 5.32 Å². The molecule has 1 aliphatic carbocycles. The normalized spacial score (nSPS) is 15.0. The molecular weight excluding hydrogens is 329 g/mol. The third-order valence-corrected chi connectivity index (χ3v) is 5.08. The number of benzene rings is 2. The van der Waals surface area contributed by atoms with Crippen LogP contribution in [-0.2, 0) is 19.3 Å². The maximum Gasteiger partial charge on any atom is 0.123 e. The number of likely N-dealkylation sites (N-methyl/N-ethyl adjacent to an activating group) is 1. The second-order valence-electron chi connectivity index (χ2n) is 5.66. The molecule has 1 N–H and O–H groups in total. The number of rotatable bonds is 4. The maximum absolute atomic E-state index is 13.4. The summed E-state index contributed by atoms with van der Waals surface area (Å²) in [4.78, 5) is 0. The van der Waals surface area contributed by atoms with Crippen LogP contribution in [0.1, 0.15) is 34.7 Å². The van der Waals surface area contributed by atoms with Crippen LogP contribution in [0.2, 0.25) is 0 Å². The Morgan fingerprint density at radius 1 is 1.14 bits per heavy atom. The fourth-order valence-corrected chi connectivity index (χ4v) is 3.52. The van der Waals surface area contributed by atoms with Crippen molar-refractivity contribution in [3.05, 3.63) is 68.9 Å². The molecule has 0 aromatic heterocycles. The Morgan fingerprint density at radius 2 is 1.95 bits per heavy atom. The summed E-state index contributed by atoms with van der Waals surface area (Å²) in [6.45, 7) is 0. The van der Waals surface area contributed by atoms with Crippen LogP contribution in [0.3, 0.4) is 0 Å². The summed E-state index contributed by atoms with van der Waals surface area (Å²) in [5.41, 5.74) is 5.25. The first kappa shape index (κ1) is 14.7. The predicted molar refractivity (Wildman–Crippen MR) is 88.1 cm³/mol. The molecule has 3 rings (SSSR count). The molecule has 1 atom stereocenters. The molecule has 1 aliphatic rings. The molecule has 2 aromatic carbocycles. The first-order chi connectivity index (χ1) is 10.2. The lowest BCUT2D eigenvalue weighted by Crippen LogP contribution is -2.19. The maximum atomic E-state index is 13.4. The van der Waals surface area contributed by atoms with Crippen molar-refractivity contribution in [2.75, 3.05) is 7.05 Å². The minimum atomic E-state index is -0.183. The number of fused-ring (bicyclic) bond motifs is 1. The van der Waals surface area contributed by atoms with E-state index in [2.05, 4.69) is 39.4 Å². The van der Waals surface area contributed by atoms with Crippen LogP contribution in [0.25, 0.3) is 0 Å². The second-order valence-corrected chi connectivity index (χ2v) is 6.52. The molecule has 1 nitrogen and oxygen atoms in total. The van der Waals surface area contributed by atoms with Crippen molar-refractivity contribution in [2.24, 2.45) is 0 Å². The Morgan fingerprint density at radius 3 is 2.76 bits per heavy atom. The topological polar surface area (TPSA) is 12.0 Å². The summed E-state index contributed by atoms with van der Waals surface area (Å²) in [7, 11) is 1.96. The van der Waals surface area contributed by atoms with Gasteiger partial charge in [0.2, 0.25) is 0 Å². The number of hydrogen-bond donors (Lipinski definition) is 1. The summed E-state index contributed by atoms with van der Waals surface area (Å²) >= 11 is 3.52. The Hall–Kier alpha value is -1.19. The Bertz CT molecular complexity index is 654. The lowest BCUT2D eigenvalue weighted by molar-refractivity contribution is 0.582. The zero-order chi connectivity index (χ0) is 14.8. The van der Waals surface area contributed by atoms with E-state index in [9.17, 15) is 4.39 Å². The highest BCUT2D eigenvalue weighted by Crippen LogP contribution is 2.28. The van der Waals surface area contributed by atoms with E-state index in [0.29, 0.717) is 0 Å². The lowest BCUT2D eigenvalue weighted by Gasteiger charge is -2.19. The molecule has 0 aliphatic heterocycles. The fourth-order valence-electron chi connectivity index (χ4n) is 3.11. The smallest absolute Gasteiger partial charge is 0.123 e. The van der Waals surface area contributed by atoms with Crippen molar-refractivity contribution in [2.45, 2.75) is 31.7 Å². The summed E-state index contributed by atoms with van der Waals surface area (Å²) in [5, 5.41) is 3.36. The molecule has 0 spiro atoms. The van der Waals surface area contributed by atoms with E-state index in [4.69, 9.17) is 0 Å². The highest BCUT2D eigenvalue weighted by Gasteiger charge is 2.16. The van der Waals surface area contributed by atoms with E-state index in [-0.39, 0.29) is 11.9 Å². The van der Waals surface area contributed by atoms with Crippen LogP contribution in [0.5, 0.6) is 0 Å². The monoisotopic (exact) mass is 347 g/mol. The average molecular weight is 348 g/mol. The summed E-state index contributed by atoms with van der Waals surface area (Å²) in [6, 6.07) is 11.9. The molecule has 0 fully saturated rings. The average Bonchev–Trinajstić information content (AvgIpc) is 2.95. The zero-order valence-electron chi connectivity index (χ0n) is 12.1. The van der Waals surface area contributed by atoms with Crippen LogP contribution in [0.4, 0.5) is 4.39 Å². The molecular formula is C18H19BrFN. The number of aryl methyl sites for hydroxylation is 2. The van der Waals surface area contributed by atoms with E-state index in [1.807, 2.05) is 7.05 Å². The van der Waals surface area contributed by atoms with Crippen LogP contribution in [-0.4, -0.2) is 7.05 Å². The van der Waals surface area contributed by atoms with Crippen molar-refractivity contribution < 1.29 is 4.39 Å². The zero-order valence-corrected chi connectivity index (χ0v) is 13.7. The Kier molecular flexibility index (Phi) is 4.41. The molecule has 2 aromatic rings. The van der Waals surface area contributed by atoms with E-state index in [1.165, 1.54) is 42.0 Å². The lowest BCUT2D eigenvalue weighted by atomic mass is 9.96. The minimum absolute atomic E-state index is 0.183. The third-order valence-electron chi connectivity index (χ3n) is 4.31. The first-order valence-electron chi connectivity index (χ1n) is 7.40. The molecule has 0 amide bonds. The number of hydrogen-bond acceptors (Lipinski definition) is 1. The van der Waals surface area contributed by atoms with E-state index in [1.54, 1.807) is 12.1 Å². The van der Waals surface area contributed by atoms with E-state index < -0.39 is 0 Å². The van der Waals surface area contributed by atoms with E-state index in [0.717, 1.165) is 16.5 Å². The summed E-state index contributed by atoms with van der Waals surface area (Å²) < 4.78 is 14.4. The highest BCUT2D eigenvalue weighted by atomic mass is 79.9. The molecule has 0 heterocycles. The van der Waals surface area contributed by atoms with Gasteiger partial charge in [0.15, 0.2) is 0 Å². The summed E-state index contributed by atoms with van der Waals surface area (Å²) in [5.74, 6) is -0.183. The molecule has 0 saturated heterocycles. The third kappa shape index (κ3) is 3.19.